The van der Waals surface area contributed by atoms with Crippen molar-refractivity contribution in [3.8, 4) is 0 Å². The maximum atomic E-state index is 12.4. The van der Waals surface area contributed by atoms with E-state index in [-0.39, 0.29) is 48.2 Å². The quantitative estimate of drug-likeness (QED) is 0.845. The molecule has 1 aromatic carbocycles. The van der Waals surface area contributed by atoms with Crippen molar-refractivity contribution in [2.75, 3.05) is 24.6 Å². The van der Waals surface area contributed by atoms with Crippen LogP contribution < -0.4 is 5.32 Å². The highest BCUT2D eigenvalue weighted by Gasteiger charge is 2.45. The molecule has 1 saturated carbocycles. The Bertz CT molecular complexity index is 782. The number of nitrogens with zero attached hydrogens (tertiary/aromatic N) is 1. The van der Waals surface area contributed by atoms with E-state index in [0.717, 1.165) is 12.0 Å². The maximum absolute atomic E-state index is 12.4. The minimum Gasteiger partial charge on any atom is -0.344 e. The second-order valence-corrected chi connectivity index (χ2v) is 9.39. The first-order chi connectivity index (χ1) is 11.8. The third-order valence-electron chi connectivity index (χ3n) is 4.82. The molecule has 0 aromatic heterocycles. The molecule has 6 nitrogen and oxygen atoms in total. The monoisotopic (exact) mass is 384 g/mol. The van der Waals surface area contributed by atoms with E-state index in [1.54, 1.807) is 13.0 Å². The van der Waals surface area contributed by atoms with Crippen LogP contribution in [0.3, 0.4) is 0 Å². The van der Waals surface area contributed by atoms with Crippen LogP contribution in [0.1, 0.15) is 24.8 Å². The highest BCUT2D eigenvalue weighted by atomic mass is 35.5. The molecular formula is C17H21ClN2O4S. The Balaban J connectivity index is 1.53. The molecule has 1 N–H and O–H groups in total. The molecule has 1 aliphatic heterocycles. The standard InChI is InChI=1S/C17H21ClN2O4S/c1-11(17(22)20-6-8-25(23,24)9-7-20)19-16(21)14-10-13(14)12-4-2-3-5-15(12)18/h2-5,11,13-14H,6-10H2,1H3,(H,19,21). The van der Waals surface area contributed by atoms with Crippen molar-refractivity contribution >= 4 is 33.3 Å². The second kappa shape index (κ2) is 6.96. The van der Waals surface area contributed by atoms with Gasteiger partial charge in [-0.25, -0.2) is 8.42 Å². The summed E-state index contributed by atoms with van der Waals surface area (Å²) >= 11 is 6.17. The first kappa shape index (κ1) is 18.2. The van der Waals surface area contributed by atoms with Crippen molar-refractivity contribution in [1.29, 1.82) is 0 Å². The summed E-state index contributed by atoms with van der Waals surface area (Å²) in [5, 5.41) is 3.41. The van der Waals surface area contributed by atoms with Gasteiger partial charge in [0.1, 0.15) is 6.04 Å². The van der Waals surface area contributed by atoms with Crippen LogP contribution in [0.5, 0.6) is 0 Å². The highest BCUT2D eigenvalue weighted by Crippen LogP contribution is 2.49. The van der Waals surface area contributed by atoms with Crippen LogP contribution in [0, 0.1) is 5.92 Å². The fourth-order valence-electron chi connectivity index (χ4n) is 3.19. The summed E-state index contributed by atoms with van der Waals surface area (Å²) in [6.45, 7) is 2.01. The van der Waals surface area contributed by atoms with Gasteiger partial charge in [0.2, 0.25) is 11.8 Å². The van der Waals surface area contributed by atoms with E-state index in [1.807, 2.05) is 18.2 Å². The number of benzene rings is 1. The normalized spacial score (nSPS) is 25.9. The Hall–Kier alpha value is -1.60. The van der Waals surface area contributed by atoms with Gasteiger partial charge in [0, 0.05) is 24.0 Å². The molecule has 0 radical (unpaired) electrons. The van der Waals surface area contributed by atoms with E-state index in [2.05, 4.69) is 5.32 Å². The fraction of sp³-hybridized carbons (Fsp3) is 0.529. The van der Waals surface area contributed by atoms with E-state index >= 15 is 0 Å². The SMILES string of the molecule is CC(NC(=O)C1CC1c1ccccc1Cl)C(=O)N1CCS(=O)(=O)CC1. The van der Waals surface area contributed by atoms with Crippen LogP contribution in [-0.2, 0) is 19.4 Å². The Morgan fingerprint density at radius 2 is 1.88 bits per heavy atom. The van der Waals surface area contributed by atoms with Gasteiger partial charge >= 0.3 is 0 Å². The summed E-state index contributed by atoms with van der Waals surface area (Å²) < 4.78 is 22.9. The molecule has 136 valence electrons. The van der Waals surface area contributed by atoms with Crippen LogP contribution in [0.25, 0.3) is 0 Å². The van der Waals surface area contributed by atoms with Crippen molar-refractivity contribution < 1.29 is 18.0 Å². The summed E-state index contributed by atoms with van der Waals surface area (Å²) in [4.78, 5) is 26.3. The number of carbonyl (C=O) groups excluding carboxylic acids is 2. The number of nitrogens with one attached hydrogen (secondary N) is 1. The average molecular weight is 385 g/mol. The van der Waals surface area contributed by atoms with Crippen molar-refractivity contribution in [3.63, 3.8) is 0 Å². The van der Waals surface area contributed by atoms with Gasteiger partial charge in [-0.15, -0.1) is 0 Å². The Labute approximate surface area is 152 Å². The Kier molecular flexibility index (Phi) is 5.06. The summed E-state index contributed by atoms with van der Waals surface area (Å²) in [5.74, 6) is -0.505. The lowest BCUT2D eigenvalue weighted by molar-refractivity contribution is -0.136. The van der Waals surface area contributed by atoms with Gasteiger partial charge in [-0.2, -0.15) is 0 Å². The molecule has 1 aromatic rings. The lowest BCUT2D eigenvalue weighted by atomic mass is 10.1. The zero-order valence-electron chi connectivity index (χ0n) is 13.9. The topological polar surface area (TPSA) is 83.6 Å². The van der Waals surface area contributed by atoms with Gasteiger partial charge in [0.15, 0.2) is 9.84 Å². The molecular weight excluding hydrogens is 364 g/mol. The number of carbonyl (C=O) groups is 2. The molecule has 3 unspecified atom stereocenters. The van der Waals surface area contributed by atoms with Crippen LogP contribution in [0.15, 0.2) is 24.3 Å². The number of amides is 2. The largest absolute Gasteiger partial charge is 0.344 e. The molecule has 25 heavy (non-hydrogen) atoms. The predicted molar refractivity (Wildman–Crippen MR) is 95.1 cm³/mol. The van der Waals surface area contributed by atoms with Crippen LogP contribution in [0.2, 0.25) is 5.02 Å². The molecule has 1 saturated heterocycles. The molecule has 0 bridgehead atoms. The minimum absolute atomic E-state index is 0.0173. The Morgan fingerprint density at radius 1 is 1.24 bits per heavy atom. The molecule has 2 fully saturated rings. The van der Waals surface area contributed by atoms with Gasteiger partial charge in [0.25, 0.3) is 0 Å². The maximum Gasteiger partial charge on any atom is 0.244 e. The summed E-state index contributed by atoms with van der Waals surface area (Å²) in [6, 6.07) is 6.80. The van der Waals surface area contributed by atoms with E-state index in [1.165, 1.54) is 4.90 Å². The van der Waals surface area contributed by atoms with Crippen LogP contribution in [-0.4, -0.2) is 55.8 Å². The molecule has 0 spiro atoms. The van der Waals surface area contributed by atoms with Crippen molar-refractivity contribution in [2.24, 2.45) is 5.92 Å². The molecule has 2 aliphatic rings. The second-order valence-electron chi connectivity index (χ2n) is 6.68. The summed E-state index contributed by atoms with van der Waals surface area (Å²) in [7, 11) is -3.04. The van der Waals surface area contributed by atoms with Crippen molar-refractivity contribution in [1.82, 2.24) is 10.2 Å². The molecule has 2 amide bonds. The lowest BCUT2D eigenvalue weighted by Gasteiger charge is -2.29. The number of hydrogen-bond donors (Lipinski definition) is 1. The molecule has 1 aliphatic carbocycles. The third kappa shape index (κ3) is 4.15. The van der Waals surface area contributed by atoms with Gasteiger partial charge in [-0.1, -0.05) is 29.8 Å². The van der Waals surface area contributed by atoms with Crippen LogP contribution >= 0.6 is 11.6 Å². The predicted octanol–water partition coefficient (Wildman–Crippen LogP) is 1.21. The highest BCUT2D eigenvalue weighted by molar-refractivity contribution is 7.91. The van der Waals surface area contributed by atoms with Crippen LogP contribution in [0.4, 0.5) is 0 Å². The van der Waals surface area contributed by atoms with Gasteiger partial charge < -0.3 is 10.2 Å². The Morgan fingerprint density at radius 3 is 2.52 bits per heavy atom. The summed E-state index contributed by atoms with van der Waals surface area (Å²) in [5.41, 5.74) is 0.963. The minimum atomic E-state index is -3.04. The fourth-order valence-corrected chi connectivity index (χ4v) is 4.67. The van der Waals surface area contributed by atoms with Gasteiger partial charge in [-0.05, 0) is 30.9 Å². The molecule has 1 heterocycles. The van der Waals surface area contributed by atoms with Gasteiger partial charge in [-0.3, -0.25) is 9.59 Å². The lowest BCUT2D eigenvalue weighted by Crippen LogP contribution is -2.52. The van der Waals surface area contributed by atoms with E-state index in [9.17, 15) is 18.0 Å². The molecule has 8 heteroatoms. The first-order valence-corrected chi connectivity index (χ1v) is 10.5. The van der Waals surface area contributed by atoms with Crippen molar-refractivity contribution in [2.45, 2.75) is 25.3 Å². The number of halogens is 1. The zero-order chi connectivity index (χ0) is 18.2. The molecule has 3 rings (SSSR count). The van der Waals surface area contributed by atoms with E-state index < -0.39 is 15.9 Å². The smallest absolute Gasteiger partial charge is 0.244 e. The average Bonchev–Trinajstić information content (AvgIpc) is 3.35. The third-order valence-corrected chi connectivity index (χ3v) is 6.77. The number of hydrogen-bond acceptors (Lipinski definition) is 4. The number of rotatable bonds is 4. The van der Waals surface area contributed by atoms with Crippen molar-refractivity contribution in [3.05, 3.63) is 34.9 Å². The molecule has 3 atom stereocenters. The summed E-state index contributed by atoms with van der Waals surface area (Å²) in [6.07, 6.45) is 0.721. The number of sulfone groups is 1. The van der Waals surface area contributed by atoms with E-state index in [0.29, 0.717) is 5.02 Å². The van der Waals surface area contributed by atoms with E-state index in [4.69, 9.17) is 11.6 Å². The first-order valence-electron chi connectivity index (χ1n) is 8.32. The van der Waals surface area contributed by atoms with Gasteiger partial charge in [0.05, 0.1) is 11.5 Å². The zero-order valence-corrected chi connectivity index (χ0v) is 15.5.